The molecule has 0 fully saturated rings. The summed E-state index contributed by atoms with van der Waals surface area (Å²) in [6.45, 7) is 4.03. The molecule has 1 amide bonds. The molecule has 20 heavy (non-hydrogen) atoms. The van der Waals surface area contributed by atoms with E-state index >= 15 is 0 Å². The number of carbonyl (C=O) groups excluding carboxylic acids is 1. The zero-order valence-corrected chi connectivity index (χ0v) is 12.4. The maximum Gasteiger partial charge on any atom is 0.255 e. The molecule has 2 aromatic carbocycles. The summed E-state index contributed by atoms with van der Waals surface area (Å²) in [6, 6.07) is 14.5. The van der Waals surface area contributed by atoms with Crippen LogP contribution in [0.1, 0.15) is 10.4 Å². The maximum atomic E-state index is 12.1. The number of ether oxygens (including phenoxy) is 1. The highest BCUT2D eigenvalue weighted by Gasteiger charge is 2.06. The third-order valence-electron chi connectivity index (χ3n) is 2.55. The molecule has 0 aromatic heterocycles. The summed E-state index contributed by atoms with van der Waals surface area (Å²) in [6.07, 6.45) is 1.67. The predicted octanol–water partition coefficient (Wildman–Crippen LogP) is 4.27. The fourth-order valence-electron chi connectivity index (χ4n) is 1.65. The molecule has 0 saturated carbocycles. The van der Waals surface area contributed by atoms with Gasteiger partial charge in [0.1, 0.15) is 12.4 Å². The van der Waals surface area contributed by atoms with E-state index in [9.17, 15) is 4.79 Å². The molecule has 0 spiro atoms. The standard InChI is InChI=1S/C16H14BrNO2/c1-2-9-20-15-8-4-7-14(11-15)18-16(19)12-5-3-6-13(17)10-12/h2-8,10-11H,1,9H2,(H,18,19). The van der Waals surface area contributed by atoms with Crippen molar-refractivity contribution in [3.8, 4) is 5.75 Å². The number of halogens is 1. The van der Waals surface area contributed by atoms with Crippen molar-refractivity contribution in [2.45, 2.75) is 0 Å². The second kappa shape index (κ2) is 6.91. The minimum atomic E-state index is -0.160. The van der Waals surface area contributed by atoms with Crippen LogP contribution in [0.5, 0.6) is 5.75 Å². The highest BCUT2D eigenvalue weighted by Crippen LogP contribution is 2.19. The monoisotopic (exact) mass is 331 g/mol. The Morgan fingerprint density at radius 3 is 2.80 bits per heavy atom. The second-order valence-corrected chi connectivity index (χ2v) is 5.01. The fourth-order valence-corrected chi connectivity index (χ4v) is 2.05. The number of rotatable bonds is 5. The molecule has 0 bridgehead atoms. The van der Waals surface area contributed by atoms with Crippen LogP contribution in [0.4, 0.5) is 5.69 Å². The Bertz CT molecular complexity index is 625. The molecule has 0 radical (unpaired) electrons. The Balaban J connectivity index is 2.09. The van der Waals surface area contributed by atoms with Gasteiger partial charge in [-0.3, -0.25) is 4.79 Å². The lowest BCUT2D eigenvalue weighted by Gasteiger charge is -2.08. The summed E-state index contributed by atoms with van der Waals surface area (Å²) in [4.78, 5) is 12.1. The largest absolute Gasteiger partial charge is 0.489 e. The molecule has 0 atom stereocenters. The van der Waals surface area contributed by atoms with Crippen molar-refractivity contribution in [3.05, 3.63) is 71.2 Å². The summed E-state index contributed by atoms with van der Waals surface area (Å²) >= 11 is 3.35. The van der Waals surface area contributed by atoms with Gasteiger partial charge in [-0.1, -0.05) is 40.7 Å². The molecule has 0 aliphatic heterocycles. The lowest BCUT2D eigenvalue weighted by atomic mass is 10.2. The Labute approximate surface area is 126 Å². The van der Waals surface area contributed by atoms with Gasteiger partial charge in [0.2, 0.25) is 0 Å². The molecule has 0 unspecified atom stereocenters. The number of nitrogens with one attached hydrogen (secondary N) is 1. The van der Waals surface area contributed by atoms with E-state index in [4.69, 9.17) is 4.74 Å². The van der Waals surface area contributed by atoms with Gasteiger partial charge in [-0.15, -0.1) is 0 Å². The minimum absolute atomic E-state index is 0.160. The highest BCUT2D eigenvalue weighted by atomic mass is 79.9. The quantitative estimate of drug-likeness (QED) is 0.831. The molecule has 0 heterocycles. The van der Waals surface area contributed by atoms with Crippen LogP contribution in [0.2, 0.25) is 0 Å². The Kier molecular flexibility index (Phi) is 4.96. The highest BCUT2D eigenvalue weighted by molar-refractivity contribution is 9.10. The summed E-state index contributed by atoms with van der Waals surface area (Å²) < 4.78 is 6.29. The molecule has 3 nitrogen and oxygen atoms in total. The maximum absolute atomic E-state index is 12.1. The first-order valence-corrected chi connectivity index (χ1v) is 6.89. The van der Waals surface area contributed by atoms with Crippen molar-refractivity contribution < 1.29 is 9.53 Å². The minimum Gasteiger partial charge on any atom is -0.489 e. The molecular formula is C16H14BrNO2. The Morgan fingerprint density at radius 2 is 2.05 bits per heavy atom. The first-order valence-electron chi connectivity index (χ1n) is 6.10. The number of hydrogen-bond acceptors (Lipinski definition) is 2. The molecule has 102 valence electrons. The number of hydrogen-bond donors (Lipinski definition) is 1. The van der Waals surface area contributed by atoms with Gasteiger partial charge < -0.3 is 10.1 Å². The Morgan fingerprint density at radius 1 is 1.25 bits per heavy atom. The van der Waals surface area contributed by atoms with Crippen LogP contribution in [0.15, 0.2) is 65.7 Å². The zero-order chi connectivity index (χ0) is 14.4. The number of carbonyl (C=O) groups is 1. The van der Waals surface area contributed by atoms with Crippen LogP contribution in [-0.4, -0.2) is 12.5 Å². The van der Waals surface area contributed by atoms with Crippen molar-refractivity contribution in [1.82, 2.24) is 0 Å². The van der Waals surface area contributed by atoms with Crippen molar-refractivity contribution in [1.29, 1.82) is 0 Å². The van der Waals surface area contributed by atoms with Crippen LogP contribution >= 0.6 is 15.9 Å². The number of anilines is 1. The van der Waals surface area contributed by atoms with E-state index in [0.717, 1.165) is 4.47 Å². The Hall–Kier alpha value is -2.07. The van der Waals surface area contributed by atoms with E-state index in [2.05, 4.69) is 27.8 Å². The van der Waals surface area contributed by atoms with Gasteiger partial charge >= 0.3 is 0 Å². The van der Waals surface area contributed by atoms with E-state index in [1.54, 1.807) is 24.3 Å². The van der Waals surface area contributed by atoms with Crippen molar-refractivity contribution in [2.24, 2.45) is 0 Å². The normalized spacial score (nSPS) is 9.85. The van der Waals surface area contributed by atoms with E-state index < -0.39 is 0 Å². The van der Waals surface area contributed by atoms with E-state index in [-0.39, 0.29) is 5.91 Å². The van der Waals surface area contributed by atoms with Crippen molar-refractivity contribution in [3.63, 3.8) is 0 Å². The molecule has 0 aliphatic rings. The molecular weight excluding hydrogens is 318 g/mol. The van der Waals surface area contributed by atoms with E-state index in [1.807, 2.05) is 30.3 Å². The van der Waals surface area contributed by atoms with Crippen LogP contribution in [0, 0.1) is 0 Å². The van der Waals surface area contributed by atoms with Gasteiger partial charge in [0.15, 0.2) is 0 Å². The number of amides is 1. The molecule has 0 saturated heterocycles. The first kappa shape index (κ1) is 14.3. The smallest absolute Gasteiger partial charge is 0.255 e. The van der Waals surface area contributed by atoms with Gasteiger partial charge in [0.25, 0.3) is 5.91 Å². The molecule has 0 aliphatic carbocycles. The zero-order valence-electron chi connectivity index (χ0n) is 10.8. The lowest BCUT2D eigenvalue weighted by Crippen LogP contribution is -2.11. The summed E-state index contributed by atoms with van der Waals surface area (Å²) in [5.74, 6) is 0.532. The molecule has 2 rings (SSSR count). The average Bonchev–Trinajstić information content (AvgIpc) is 2.45. The summed E-state index contributed by atoms with van der Waals surface area (Å²) in [5, 5.41) is 2.84. The SMILES string of the molecule is C=CCOc1cccc(NC(=O)c2cccc(Br)c2)c1. The summed E-state index contributed by atoms with van der Waals surface area (Å²) in [7, 11) is 0. The lowest BCUT2D eigenvalue weighted by molar-refractivity contribution is 0.102. The summed E-state index contributed by atoms with van der Waals surface area (Å²) in [5.41, 5.74) is 1.29. The van der Waals surface area contributed by atoms with Crippen LogP contribution in [-0.2, 0) is 0 Å². The molecule has 1 N–H and O–H groups in total. The van der Waals surface area contributed by atoms with Crippen molar-refractivity contribution >= 4 is 27.5 Å². The topological polar surface area (TPSA) is 38.3 Å². The van der Waals surface area contributed by atoms with E-state index in [1.165, 1.54) is 0 Å². The van der Waals surface area contributed by atoms with E-state index in [0.29, 0.717) is 23.6 Å². The van der Waals surface area contributed by atoms with Gasteiger partial charge in [0.05, 0.1) is 0 Å². The third kappa shape index (κ3) is 3.96. The second-order valence-electron chi connectivity index (χ2n) is 4.09. The van der Waals surface area contributed by atoms with Crippen LogP contribution < -0.4 is 10.1 Å². The number of benzene rings is 2. The van der Waals surface area contributed by atoms with Crippen LogP contribution in [0.3, 0.4) is 0 Å². The van der Waals surface area contributed by atoms with Gasteiger partial charge in [-0.05, 0) is 30.3 Å². The fraction of sp³-hybridized carbons (Fsp3) is 0.0625. The van der Waals surface area contributed by atoms with Crippen LogP contribution in [0.25, 0.3) is 0 Å². The predicted molar refractivity (Wildman–Crippen MR) is 84.2 cm³/mol. The molecule has 2 aromatic rings. The third-order valence-corrected chi connectivity index (χ3v) is 3.04. The molecule has 4 heteroatoms. The first-order chi connectivity index (χ1) is 9.69. The van der Waals surface area contributed by atoms with Gasteiger partial charge in [-0.25, -0.2) is 0 Å². The average molecular weight is 332 g/mol. The van der Waals surface area contributed by atoms with Gasteiger partial charge in [0, 0.05) is 21.8 Å². The van der Waals surface area contributed by atoms with Crippen molar-refractivity contribution in [2.75, 3.05) is 11.9 Å². The van der Waals surface area contributed by atoms with Gasteiger partial charge in [-0.2, -0.15) is 0 Å².